The summed E-state index contributed by atoms with van der Waals surface area (Å²) < 4.78 is 1.70. The van der Waals surface area contributed by atoms with Gasteiger partial charge >= 0.3 is 0 Å². The molecule has 0 bridgehead atoms. The topological polar surface area (TPSA) is 74.7 Å². The molecule has 0 radical (unpaired) electrons. The summed E-state index contributed by atoms with van der Waals surface area (Å²) in [5, 5.41) is 2.95. The molecule has 1 aromatic rings. The zero-order valence-corrected chi connectivity index (χ0v) is 14.6. The second kappa shape index (κ2) is 7.61. The highest BCUT2D eigenvalue weighted by Gasteiger charge is 2.23. The van der Waals surface area contributed by atoms with Crippen LogP contribution < -0.4 is 10.7 Å². The van der Waals surface area contributed by atoms with Gasteiger partial charge < -0.3 is 14.8 Å². The second-order valence-corrected chi connectivity index (χ2v) is 7.16. The van der Waals surface area contributed by atoms with Crippen LogP contribution in [-0.4, -0.2) is 64.4 Å². The van der Waals surface area contributed by atoms with Gasteiger partial charge in [-0.05, 0) is 20.8 Å². The highest BCUT2D eigenvalue weighted by atomic mass is 16.2. The third-order valence-electron chi connectivity index (χ3n) is 3.79. The van der Waals surface area contributed by atoms with Gasteiger partial charge in [-0.2, -0.15) is 0 Å². The number of pyridine rings is 1. The van der Waals surface area contributed by atoms with Crippen LogP contribution in [0.2, 0.25) is 0 Å². The van der Waals surface area contributed by atoms with Crippen molar-refractivity contribution in [3.63, 3.8) is 0 Å². The van der Waals surface area contributed by atoms with Crippen LogP contribution in [0.3, 0.4) is 0 Å². The number of hydrogen-bond acceptors (Lipinski definition) is 4. The van der Waals surface area contributed by atoms with E-state index < -0.39 is 0 Å². The van der Waals surface area contributed by atoms with Crippen LogP contribution in [0, 0.1) is 0 Å². The number of nitrogens with zero attached hydrogens (tertiary/aromatic N) is 3. The van der Waals surface area contributed by atoms with Gasteiger partial charge in [0, 0.05) is 56.2 Å². The highest BCUT2D eigenvalue weighted by molar-refractivity contribution is 5.79. The van der Waals surface area contributed by atoms with Crippen LogP contribution in [0.15, 0.2) is 29.3 Å². The predicted molar refractivity (Wildman–Crippen MR) is 91.6 cm³/mol. The molecule has 1 aliphatic heterocycles. The summed E-state index contributed by atoms with van der Waals surface area (Å²) in [4.78, 5) is 39.2. The molecule has 0 atom stereocenters. The van der Waals surface area contributed by atoms with Gasteiger partial charge in [0.2, 0.25) is 11.8 Å². The molecule has 24 heavy (non-hydrogen) atoms. The maximum absolute atomic E-state index is 12.3. The van der Waals surface area contributed by atoms with E-state index in [9.17, 15) is 14.4 Å². The van der Waals surface area contributed by atoms with Gasteiger partial charge in [0.15, 0.2) is 5.43 Å². The van der Waals surface area contributed by atoms with Crippen molar-refractivity contribution in [3.05, 3.63) is 34.7 Å². The summed E-state index contributed by atoms with van der Waals surface area (Å²) in [5.74, 6) is 0.0352. The second-order valence-electron chi connectivity index (χ2n) is 7.16. The fraction of sp³-hybridized carbons (Fsp3) is 0.588. The first kappa shape index (κ1) is 18.2. The molecule has 0 unspecified atom stereocenters. The Labute approximate surface area is 142 Å². The molecule has 0 aliphatic carbocycles. The zero-order chi connectivity index (χ0) is 17.7. The first-order valence-electron chi connectivity index (χ1n) is 8.20. The Balaban J connectivity index is 1.77. The van der Waals surface area contributed by atoms with E-state index in [4.69, 9.17) is 0 Å². The molecule has 2 rings (SSSR count). The van der Waals surface area contributed by atoms with Crippen LogP contribution in [0.25, 0.3) is 0 Å². The number of piperazine rings is 1. The molecule has 1 saturated heterocycles. The summed E-state index contributed by atoms with van der Waals surface area (Å²) in [5.41, 5.74) is -0.299. The average Bonchev–Trinajstić information content (AvgIpc) is 2.48. The van der Waals surface area contributed by atoms with E-state index in [1.165, 1.54) is 12.1 Å². The number of aromatic nitrogens is 1. The van der Waals surface area contributed by atoms with Crippen LogP contribution in [0.1, 0.15) is 20.8 Å². The third-order valence-corrected chi connectivity index (χ3v) is 3.79. The van der Waals surface area contributed by atoms with E-state index in [0.29, 0.717) is 32.7 Å². The molecule has 132 valence electrons. The Kier molecular flexibility index (Phi) is 5.77. The Hall–Kier alpha value is -2.15. The molecule has 2 heterocycles. The van der Waals surface area contributed by atoms with E-state index in [-0.39, 0.29) is 29.3 Å². The SMILES string of the molecule is CC(C)(C)NC(=O)CN1CCN(C(=O)Cn2ccc(=O)cc2)CC1. The third kappa shape index (κ3) is 5.81. The lowest BCUT2D eigenvalue weighted by Gasteiger charge is -2.35. The van der Waals surface area contributed by atoms with E-state index in [1.807, 2.05) is 20.8 Å². The van der Waals surface area contributed by atoms with Crippen molar-refractivity contribution in [2.75, 3.05) is 32.7 Å². The molecule has 1 fully saturated rings. The fourth-order valence-electron chi connectivity index (χ4n) is 2.62. The molecule has 0 spiro atoms. The van der Waals surface area contributed by atoms with Crippen molar-refractivity contribution in [2.45, 2.75) is 32.9 Å². The van der Waals surface area contributed by atoms with Crippen molar-refractivity contribution in [2.24, 2.45) is 0 Å². The number of carbonyl (C=O) groups is 2. The molecule has 7 nitrogen and oxygen atoms in total. The first-order valence-corrected chi connectivity index (χ1v) is 8.20. The summed E-state index contributed by atoms with van der Waals surface area (Å²) in [6.07, 6.45) is 3.24. The lowest BCUT2D eigenvalue weighted by Crippen LogP contribution is -2.53. The Bertz CT molecular complexity index is 619. The van der Waals surface area contributed by atoms with Gasteiger partial charge in [-0.3, -0.25) is 19.3 Å². The van der Waals surface area contributed by atoms with Gasteiger partial charge in [-0.15, -0.1) is 0 Å². The zero-order valence-electron chi connectivity index (χ0n) is 14.6. The molecular weight excluding hydrogens is 308 g/mol. The summed E-state index contributed by atoms with van der Waals surface area (Å²) in [7, 11) is 0. The average molecular weight is 334 g/mol. The van der Waals surface area contributed by atoms with E-state index in [0.717, 1.165) is 0 Å². The number of carbonyl (C=O) groups excluding carboxylic acids is 2. The van der Waals surface area contributed by atoms with Crippen molar-refractivity contribution in [1.82, 2.24) is 19.7 Å². The van der Waals surface area contributed by atoms with E-state index >= 15 is 0 Å². The monoisotopic (exact) mass is 334 g/mol. The molecule has 1 aromatic heterocycles. The van der Waals surface area contributed by atoms with Gasteiger partial charge in [0.25, 0.3) is 0 Å². The Morgan fingerprint density at radius 3 is 2.17 bits per heavy atom. The summed E-state index contributed by atoms with van der Waals surface area (Å²) in [6, 6.07) is 2.89. The summed E-state index contributed by atoms with van der Waals surface area (Å²) >= 11 is 0. The fourth-order valence-corrected chi connectivity index (χ4v) is 2.62. The predicted octanol–water partition coefficient (Wildman–Crippen LogP) is -0.0928. The maximum Gasteiger partial charge on any atom is 0.242 e. The lowest BCUT2D eigenvalue weighted by molar-refractivity contribution is -0.134. The minimum atomic E-state index is -0.230. The smallest absolute Gasteiger partial charge is 0.242 e. The number of amides is 2. The van der Waals surface area contributed by atoms with Crippen LogP contribution in [-0.2, 0) is 16.1 Å². The maximum atomic E-state index is 12.3. The molecule has 1 aliphatic rings. The normalized spacial score (nSPS) is 16.0. The van der Waals surface area contributed by atoms with Gasteiger partial charge in [-0.1, -0.05) is 0 Å². The largest absolute Gasteiger partial charge is 0.350 e. The van der Waals surface area contributed by atoms with E-state index in [2.05, 4.69) is 10.2 Å². The van der Waals surface area contributed by atoms with Crippen LogP contribution in [0.4, 0.5) is 0 Å². The van der Waals surface area contributed by atoms with Crippen LogP contribution in [0.5, 0.6) is 0 Å². The molecule has 2 amide bonds. The molecule has 0 saturated carbocycles. The minimum absolute atomic E-state index is 0.00975. The number of rotatable bonds is 4. The van der Waals surface area contributed by atoms with Crippen LogP contribution >= 0.6 is 0 Å². The number of nitrogens with one attached hydrogen (secondary N) is 1. The minimum Gasteiger partial charge on any atom is -0.350 e. The van der Waals surface area contributed by atoms with Crippen molar-refractivity contribution < 1.29 is 9.59 Å². The molecule has 7 heteroatoms. The Morgan fingerprint density at radius 1 is 1.04 bits per heavy atom. The van der Waals surface area contributed by atoms with Crippen molar-refractivity contribution in [1.29, 1.82) is 0 Å². The highest BCUT2D eigenvalue weighted by Crippen LogP contribution is 2.04. The van der Waals surface area contributed by atoms with Gasteiger partial charge in [0.05, 0.1) is 6.54 Å². The first-order chi connectivity index (χ1) is 11.2. The van der Waals surface area contributed by atoms with E-state index in [1.54, 1.807) is 21.9 Å². The van der Waals surface area contributed by atoms with Crippen molar-refractivity contribution in [3.8, 4) is 0 Å². The standard InChI is InChI=1S/C17H26N4O3/c1-17(2,3)18-15(23)12-20-8-10-21(11-9-20)16(24)13-19-6-4-14(22)5-7-19/h4-7H,8-13H2,1-3H3,(H,18,23). The van der Waals surface area contributed by atoms with Gasteiger partial charge in [-0.25, -0.2) is 0 Å². The summed E-state index contributed by atoms with van der Waals surface area (Å²) in [6.45, 7) is 9.06. The lowest BCUT2D eigenvalue weighted by atomic mass is 10.1. The van der Waals surface area contributed by atoms with Gasteiger partial charge in [0.1, 0.15) is 6.54 Å². The Morgan fingerprint density at radius 2 is 1.62 bits per heavy atom. The molecular formula is C17H26N4O3. The molecule has 0 aromatic carbocycles. The molecule has 1 N–H and O–H groups in total. The quantitative estimate of drug-likeness (QED) is 0.835. The van der Waals surface area contributed by atoms with Crippen molar-refractivity contribution >= 4 is 11.8 Å². The number of hydrogen-bond donors (Lipinski definition) is 1.